The Morgan fingerprint density at radius 3 is 2.53 bits per heavy atom. The lowest BCUT2D eigenvalue weighted by Crippen LogP contribution is -1.88. The predicted octanol–water partition coefficient (Wildman–Crippen LogP) is 4.28. The SMILES string of the molecule is Cc1ccc(Sc2ccc(N)c3ccncc23)cc1. The molecule has 3 rings (SSSR count). The van der Waals surface area contributed by atoms with Gasteiger partial charge in [-0.15, -0.1) is 0 Å². The highest BCUT2D eigenvalue weighted by Crippen LogP contribution is 2.35. The van der Waals surface area contributed by atoms with E-state index in [1.807, 2.05) is 18.3 Å². The van der Waals surface area contributed by atoms with Gasteiger partial charge in [-0.25, -0.2) is 0 Å². The fourth-order valence-corrected chi connectivity index (χ4v) is 2.94. The summed E-state index contributed by atoms with van der Waals surface area (Å²) in [4.78, 5) is 6.61. The van der Waals surface area contributed by atoms with Crippen LogP contribution in [0.5, 0.6) is 0 Å². The minimum absolute atomic E-state index is 0.797. The van der Waals surface area contributed by atoms with Crippen LogP contribution in [-0.2, 0) is 0 Å². The van der Waals surface area contributed by atoms with Crippen molar-refractivity contribution in [3.05, 3.63) is 60.4 Å². The number of benzene rings is 2. The zero-order chi connectivity index (χ0) is 13.2. The third kappa shape index (κ3) is 2.42. The van der Waals surface area contributed by atoms with Crippen molar-refractivity contribution in [2.45, 2.75) is 16.7 Å². The van der Waals surface area contributed by atoms with E-state index in [1.165, 1.54) is 15.4 Å². The molecule has 0 saturated heterocycles. The van der Waals surface area contributed by atoms with Crippen LogP contribution in [0, 0.1) is 6.92 Å². The van der Waals surface area contributed by atoms with Crippen molar-refractivity contribution in [3.8, 4) is 0 Å². The summed E-state index contributed by atoms with van der Waals surface area (Å²) in [6.07, 6.45) is 3.65. The van der Waals surface area contributed by atoms with Gasteiger partial charge in [0, 0.05) is 38.6 Å². The Hall–Kier alpha value is -2.00. The minimum atomic E-state index is 0.797. The molecule has 2 aromatic carbocycles. The van der Waals surface area contributed by atoms with Crippen LogP contribution < -0.4 is 5.73 Å². The molecule has 3 aromatic rings. The summed E-state index contributed by atoms with van der Waals surface area (Å²) in [5.41, 5.74) is 8.07. The van der Waals surface area contributed by atoms with Gasteiger partial charge in [-0.2, -0.15) is 0 Å². The number of aryl methyl sites for hydroxylation is 1. The highest BCUT2D eigenvalue weighted by atomic mass is 32.2. The summed E-state index contributed by atoms with van der Waals surface area (Å²) in [6.45, 7) is 2.09. The van der Waals surface area contributed by atoms with E-state index in [-0.39, 0.29) is 0 Å². The molecule has 2 N–H and O–H groups in total. The van der Waals surface area contributed by atoms with Crippen LogP contribution in [0.1, 0.15) is 5.56 Å². The van der Waals surface area contributed by atoms with Crippen molar-refractivity contribution in [1.82, 2.24) is 4.98 Å². The fourth-order valence-electron chi connectivity index (χ4n) is 2.01. The van der Waals surface area contributed by atoms with Gasteiger partial charge in [-0.3, -0.25) is 4.98 Å². The van der Waals surface area contributed by atoms with Gasteiger partial charge in [0.2, 0.25) is 0 Å². The number of nitrogens with zero attached hydrogens (tertiary/aromatic N) is 1. The molecular formula is C16H14N2S. The first-order valence-electron chi connectivity index (χ1n) is 6.11. The summed E-state index contributed by atoms with van der Waals surface area (Å²) in [7, 11) is 0. The highest BCUT2D eigenvalue weighted by Gasteiger charge is 2.05. The first kappa shape index (κ1) is 12.1. The molecule has 0 aliphatic carbocycles. The van der Waals surface area contributed by atoms with Crippen LogP contribution in [0.15, 0.2) is 64.6 Å². The van der Waals surface area contributed by atoms with E-state index in [9.17, 15) is 0 Å². The van der Waals surface area contributed by atoms with Crippen molar-refractivity contribution in [1.29, 1.82) is 0 Å². The lowest BCUT2D eigenvalue weighted by molar-refractivity contribution is 1.34. The van der Waals surface area contributed by atoms with Gasteiger partial charge >= 0.3 is 0 Å². The van der Waals surface area contributed by atoms with Crippen LogP contribution in [0.2, 0.25) is 0 Å². The number of rotatable bonds is 2. The molecule has 0 fully saturated rings. The average Bonchev–Trinajstić information content (AvgIpc) is 2.45. The van der Waals surface area contributed by atoms with Gasteiger partial charge in [-0.1, -0.05) is 29.5 Å². The maximum atomic E-state index is 6.00. The lowest BCUT2D eigenvalue weighted by atomic mass is 10.1. The van der Waals surface area contributed by atoms with E-state index in [2.05, 4.69) is 42.2 Å². The topological polar surface area (TPSA) is 38.9 Å². The van der Waals surface area contributed by atoms with E-state index in [4.69, 9.17) is 5.73 Å². The normalized spacial score (nSPS) is 10.8. The number of aromatic nitrogens is 1. The maximum Gasteiger partial charge on any atom is 0.0395 e. The van der Waals surface area contributed by atoms with Crippen molar-refractivity contribution < 1.29 is 0 Å². The van der Waals surface area contributed by atoms with Gasteiger partial charge < -0.3 is 5.73 Å². The summed E-state index contributed by atoms with van der Waals surface area (Å²) in [6, 6.07) is 14.5. The van der Waals surface area contributed by atoms with Crippen molar-refractivity contribution in [2.75, 3.05) is 5.73 Å². The molecule has 0 aliphatic rings. The molecular weight excluding hydrogens is 252 g/mol. The summed E-state index contributed by atoms with van der Waals surface area (Å²) < 4.78 is 0. The molecule has 1 aromatic heterocycles. The number of fused-ring (bicyclic) bond motifs is 1. The van der Waals surface area contributed by atoms with Crippen molar-refractivity contribution in [2.24, 2.45) is 0 Å². The molecule has 0 aliphatic heterocycles. The molecule has 1 heterocycles. The molecule has 0 unspecified atom stereocenters. The van der Waals surface area contributed by atoms with E-state index in [0.717, 1.165) is 16.5 Å². The third-order valence-corrected chi connectivity index (χ3v) is 4.14. The van der Waals surface area contributed by atoms with Crippen molar-refractivity contribution >= 4 is 28.2 Å². The summed E-state index contributed by atoms with van der Waals surface area (Å²) in [5.74, 6) is 0. The molecule has 2 nitrogen and oxygen atoms in total. The van der Waals surface area contributed by atoms with Crippen molar-refractivity contribution in [3.63, 3.8) is 0 Å². The number of pyridine rings is 1. The minimum Gasteiger partial charge on any atom is -0.398 e. The molecule has 0 amide bonds. The van der Waals surface area contributed by atoms with Crippen LogP contribution in [0.25, 0.3) is 10.8 Å². The summed E-state index contributed by atoms with van der Waals surface area (Å²) in [5, 5.41) is 2.17. The van der Waals surface area contributed by atoms with Crippen LogP contribution in [0.4, 0.5) is 5.69 Å². The quantitative estimate of drug-likeness (QED) is 0.704. The van der Waals surface area contributed by atoms with E-state index in [1.54, 1.807) is 18.0 Å². The van der Waals surface area contributed by atoms with Crippen LogP contribution >= 0.6 is 11.8 Å². The molecule has 94 valence electrons. The average molecular weight is 266 g/mol. The number of anilines is 1. The van der Waals surface area contributed by atoms with Gasteiger partial charge in [-0.05, 0) is 37.3 Å². The van der Waals surface area contributed by atoms with Gasteiger partial charge in [0.25, 0.3) is 0 Å². The Balaban J connectivity index is 2.06. The second-order valence-electron chi connectivity index (χ2n) is 4.49. The zero-order valence-electron chi connectivity index (χ0n) is 10.6. The molecule has 0 radical (unpaired) electrons. The summed E-state index contributed by atoms with van der Waals surface area (Å²) >= 11 is 1.74. The molecule has 0 bridgehead atoms. The molecule has 0 spiro atoms. The standard InChI is InChI=1S/C16H14N2S/c1-11-2-4-12(5-3-11)19-16-7-6-15(17)13-8-9-18-10-14(13)16/h2-10H,17H2,1H3. The molecule has 0 saturated carbocycles. The smallest absolute Gasteiger partial charge is 0.0395 e. The van der Waals surface area contributed by atoms with E-state index < -0.39 is 0 Å². The highest BCUT2D eigenvalue weighted by molar-refractivity contribution is 7.99. The molecule has 3 heteroatoms. The maximum absolute atomic E-state index is 6.00. The van der Waals surface area contributed by atoms with E-state index in [0.29, 0.717) is 0 Å². The predicted molar refractivity (Wildman–Crippen MR) is 81.5 cm³/mol. The van der Waals surface area contributed by atoms with Gasteiger partial charge in [0.1, 0.15) is 0 Å². The zero-order valence-corrected chi connectivity index (χ0v) is 11.4. The molecule has 0 atom stereocenters. The fraction of sp³-hybridized carbons (Fsp3) is 0.0625. The Kier molecular flexibility index (Phi) is 3.13. The Morgan fingerprint density at radius 2 is 1.74 bits per heavy atom. The third-order valence-electron chi connectivity index (χ3n) is 3.06. The Morgan fingerprint density at radius 1 is 0.947 bits per heavy atom. The number of hydrogen-bond donors (Lipinski definition) is 1. The largest absolute Gasteiger partial charge is 0.398 e. The second kappa shape index (κ2) is 4.94. The monoisotopic (exact) mass is 266 g/mol. The van der Waals surface area contributed by atoms with Gasteiger partial charge in [0.15, 0.2) is 0 Å². The number of nitrogen functional groups attached to an aromatic ring is 1. The lowest BCUT2D eigenvalue weighted by Gasteiger charge is -2.08. The number of hydrogen-bond acceptors (Lipinski definition) is 3. The van der Waals surface area contributed by atoms with Crippen LogP contribution in [0.3, 0.4) is 0 Å². The molecule has 19 heavy (non-hydrogen) atoms. The van der Waals surface area contributed by atoms with Crippen LogP contribution in [-0.4, -0.2) is 4.98 Å². The second-order valence-corrected chi connectivity index (χ2v) is 5.60. The first-order valence-corrected chi connectivity index (χ1v) is 6.92. The van der Waals surface area contributed by atoms with Gasteiger partial charge in [0.05, 0.1) is 0 Å². The Bertz CT molecular complexity index is 720. The first-order chi connectivity index (χ1) is 9.24. The number of nitrogens with two attached hydrogens (primary N) is 1. The van der Waals surface area contributed by atoms with E-state index >= 15 is 0 Å². The Labute approximate surface area is 116 Å².